The largest absolute Gasteiger partial charge is 0.497 e. The van der Waals surface area contributed by atoms with Crippen LogP contribution >= 0.6 is 0 Å². The number of methoxy groups -OCH3 is 1. The normalized spacial score (nSPS) is 9.82. The minimum absolute atomic E-state index is 0.126. The van der Waals surface area contributed by atoms with E-state index < -0.39 is 0 Å². The highest BCUT2D eigenvalue weighted by molar-refractivity contribution is 5.94. The maximum Gasteiger partial charge on any atom is 0.217 e. The van der Waals surface area contributed by atoms with Gasteiger partial charge in [0.25, 0.3) is 0 Å². The lowest BCUT2D eigenvalue weighted by molar-refractivity contribution is 0.304. The molecule has 0 bridgehead atoms. The van der Waals surface area contributed by atoms with Crippen LogP contribution in [0.2, 0.25) is 0 Å². The summed E-state index contributed by atoms with van der Waals surface area (Å²) in [7, 11) is 1.60. The molecule has 0 aliphatic carbocycles. The molecular formula is C13H19NO3. The maximum absolute atomic E-state index is 7.79. The molecule has 1 aromatic carbocycles. The Morgan fingerprint density at radius 2 is 2.06 bits per heavy atom. The Hall–Kier alpha value is -1.71. The molecule has 0 heterocycles. The number of hydrogen-bond acceptors (Lipinski definition) is 4. The summed E-state index contributed by atoms with van der Waals surface area (Å²) in [6, 6.07) is 5.35. The molecule has 0 saturated heterocycles. The zero-order valence-electron chi connectivity index (χ0n) is 10.6. The Labute approximate surface area is 102 Å². The van der Waals surface area contributed by atoms with Gasteiger partial charge in [-0.1, -0.05) is 6.92 Å². The monoisotopic (exact) mass is 237 g/mol. The molecule has 0 fully saturated rings. The molecule has 0 unspecified atom stereocenters. The van der Waals surface area contributed by atoms with E-state index in [0.717, 1.165) is 6.42 Å². The van der Waals surface area contributed by atoms with Crippen molar-refractivity contribution in [1.29, 1.82) is 5.41 Å². The lowest BCUT2D eigenvalue weighted by Crippen LogP contribution is -2.08. The molecule has 0 atom stereocenters. The van der Waals surface area contributed by atoms with Gasteiger partial charge in [-0.05, 0) is 25.5 Å². The van der Waals surface area contributed by atoms with Gasteiger partial charge in [-0.15, -0.1) is 0 Å². The predicted octanol–water partition coefficient (Wildman–Crippen LogP) is 2.85. The predicted molar refractivity (Wildman–Crippen MR) is 67.2 cm³/mol. The van der Waals surface area contributed by atoms with Crippen LogP contribution in [0.5, 0.6) is 11.5 Å². The summed E-state index contributed by atoms with van der Waals surface area (Å²) in [5, 5.41) is 7.79. The van der Waals surface area contributed by atoms with Crippen molar-refractivity contribution in [2.45, 2.75) is 20.3 Å². The minimum atomic E-state index is 0.126. The highest BCUT2D eigenvalue weighted by atomic mass is 16.5. The minimum Gasteiger partial charge on any atom is -0.497 e. The van der Waals surface area contributed by atoms with Crippen molar-refractivity contribution >= 4 is 5.90 Å². The van der Waals surface area contributed by atoms with Gasteiger partial charge in [0.2, 0.25) is 5.90 Å². The summed E-state index contributed by atoms with van der Waals surface area (Å²) in [6.45, 7) is 4.97. The van der Waals surface area contributed by atoms with Gasteiger partial charge >= 0.3 is 0 Å². The first-order valence-electron chi connectivity index (χ1n) is 5.75. The highest BCUT2D eigenvalue weighted by Gasteiger charge is 2.11. The fraction of sp³-hybridized carbons (Fsp3) is 0.462. The quantitative estimate of drug-likeness (QED) is 0.611. The van der Waals surface area contributed by atoms with Crippen molar-refractivity contribution in [2.75, 3.05) is 20.3 Å². The highest BCUT2D eigenvalue weighted by Crippen LogP contribution is 2.25. The molecule has 1 aromatic rings. The van der Waals surface area contributed by atoms with Crippen molar-refractivity contribution in [3.05, 3.63) is 23.8 Å². The van der Waals surface area contributed by atoms with E-state index in [1.807, 2.05) is 13.8 Å². The summed E-state index contributed by atoms with van der Waals surface area (Å²) >= 11 is 0. The number of rotatable bonds is 6. The summed E-state index contributed by atoms with van der Waals surface area (Å²) < 4.78 is 15.9. The summed E-state index contributed by atoms with van der Waals surface area (Å²) in [5.41, 5.74) is 0.654. The molecule has 17 heavy (non-hydrogen) atoms. The first-order valence-corrected chi connectivity index (χ1v) is 5.75. The second kappa shape index (κ2) is 6.78. The van der Waals surface area contributed by atoms with Gasteiger partial charge in [0, 0.05) is 6.07 Å². The topological polar surface area (TPSA) is 51.5 Å². The van der Waals surface area contributed by atoms with Gasteiger partial charge in [-0.2, -0.15) is 0 Å². The number of hydrogen-bond donors (Lipinski definition) is 1. The Bertz CT molecular complexity index is 377. The molecule has 0 spiro atoms. The second-order valence-corrected chi connectivity index (χ2v) is 3.47. The first kappa shape index (κ1) is 13.4. The van der Waals surface area contributed by atoms with Crippen molar-refractivity contribution in [1.82, 2.24) is 0 Å². The lowest BCUT2D eigenvalue weighted by Gasteiger charge is -2.13. The number of nitrogens with one attached hydrogen (secondary N) is 1. The van der Waals surface area contributed by atoms with Crippen LogP contribution in [0.4, 0.5) is 0 Å². The van der Waals surface area contributed by atoms with E-state index in [1.54, 1.807) is 25.3 Å². The van der Waals surface area contributed by atoms with Crippen LogP contribution in [0.15, 0.2) is 18.2 Å². The van der Waals surface area contributed by atoms with Crippen LogP contribution in [0.1, 0.15) is 25.8 Å². The molecule has 0 amide bonds. The molecule has 4 nitrogen and oxygen atoms in total. The third-order valence-corrected chi connectivity index (χ3v) is 2.18. The SMILES string of the molecule is CCCOc1cc(OC)ccc1C(=N)OCC. The van der Waals surface area contributed by atoms with Gasteiger partial charge < -0.3 is 14.2 Å². The van der Waals surface area contributed by atoms with Gasteiger partial charge in [0.05, 0.1) is 25.9 Å². The summed E-state index contributed by atoms with van der Waals surface area (Å²) in [4.78, 5) is 0. The van der Waals surface area contributed by atoms with Gasteiger partial charge in [-0.25, -0.2) is 0 Å². The van der Waals surface area contributed by atoms with Crippen molar-refractivity contribution in [2.24, 2.45) is 0 Å². The molecule has 94 valence electrons. The third kappa shape index (κ3) is 3.66. The Balaban J connectivity index is 2.97. The molecule has 0 radical (unpaired) electrons. The maximum atomic E-state index is 7.79. The number of ether oxygens (including phenoxy) is 3. The van der Waals surface area contributed by atoms with Crippen LogP contribution in [-0.4, -0.2) is 26.2 Å². The zero-order chi connectivity index (χ0) is 12.7. The molecule has 0 saturated carbocycles. The van der Waals surface area contributed by atoms with E-state index in [2.05, 4.69) is 0 Å². The van der Waals surface area contributed by atoms with E-state index in [0.29, 0.717) is 30.3 Å². The van der Waals surface area contributed by atoms with E-state index in [-0.39, 0.29) is 5.90 Å². The van der Waals surface area contributed by atoms with Crippen LogP contribution in [0.25, 0.3) is 0 Å². The van der Waals surface area contributed by atoms with Crippen molar-refractivity contribution in [3.63, 3.8) is 0 Å². The fourth-order valence-electron chi connectivity index (χ4n) is 1.37. The van der Waals surface area contributed by atoms with Gasteiger partial charge in [0.1, 0.15) is 11.5 Å². The summed E-state index contributed by atoms with van der Waals surface area (Å²) in [6.07, 6.45) is 0.915. The van der Waals surface area contributed by atoms with Crippen molar-refractivity contribution < 1.29 is 14.2 Å². The summed E-state index contributed by atoms with van der Waals surface area (Å²) in [5.74, 6) is 1.47. The average Bonchev–Trinajstić information content (AvgIpc) is 2.36. The fourth-order valence-corrected chi connectivity index (χ4v) is 1.37. The number of benzene rings is 1. The van der Waals surface area contributed by atoms with Crippen molar-refractivity contribution in [3.8, 4) is 11.5 Å². The van der Waals surface area contributed by atoms with Crippen LogP contribution in [-0.2, 0) is 4.74 Å². The molecule has 1 rings (SSSR count). The molecule has 0 aliphatic rings. The first-order chi connectivity index (χ1) is 8.22. The van der Waals surface area contributed by atoms with Gasteiger partial charge in [0.15, 0.2) is 0 Å². The molecule has 0 aromatic heterocycles. The Kier molecular flexibility index (Phi) is 5.33. The smallest absolute Gasteiger partial charge is 0.217 e. The third-order valence-electron chi connectivity index (χ3n) is 2.18. The Morgan fingerprint density at radius 3 is 2.65 bits per heavy atom. The van der Waals surface area contributed by atoms with E-state index >= 15 is 0 Å². The van der Waals surface area contributed by atoms with E-state index in [9.17, 15) is 0 Å². The van der Waals surface area contributed by atoms with Crippen LogP contribution in [0.3, 0.4) is 0 Å². The molecular weight excluding hydrogens is 218 g/mol. The van der Waals surface area contributed by atoms with E-state index in [1.165, 1.54) is 0 Å². The standard InChI is InChI=1S/C13H19NO3/c1-4-8-17-12-9-10(15-3)6-7-11(12)13(14)16-5-2/h6-7,9,14H,4-5,8H2,1-3H3. The lowest BCUT2D eigenvalue weighted by atomic mass is 10.2. The Morgan fingerprint density at radius 1 is 1.29 bits per heavy atom. The van der Waals surface area contributed by atoms with Gasteiger partial charge in [-0.3, -0.25) is 5.41 Å². The molecule has 1 N–H and O–H groups in total. The van der Waals surface area contributed by atoms with E-state index in [4.69, 9.17) is 19.6 Å². The zero-order valence-corrected chi connectivity index (χ0v) is 10.6. The second-order valence-electron chi connectivity index (χ2n) is 3.47. The van der Waals surface area contributed by atoms with Crippen LogP contribution < -0.4 is 9.47 Å². The molecule has 4 heteroatoms. The molecule has 0 aliphatic heterocycles. The van der Waals surface area contributed by atoms with Crippen LogP contribution in [0, 0.1) is 5.41 Å². The average molecular weight is 237 g/mol.